The third-order valence-electron chi connectivity index (χ3n) is 8.56. The predicted octanol–water partition coefficient (Wildman–Crippen LogP) is 4.21. The van der Waals surface area contributed by atoms with Crippen molar-refractivity contribution < 1.29 is 56.0 Å². The Kier molecular flexibility index (Phi) is 8.61. The maximum Gasteiger partial charge on any atom is 0.431 e. The van der Waals surface area contributed by atoms with Crippen LogP contribution in [0.4, 0.5) is 23.7 Å². The van der Waals surface area contributed by atoms with E-state index in [0.717, 1.165) is 0 Å². The first-order valence-corrected chi connectivity index (χ1v) is 15.7. The van der Waals surface area contributed by atoms with E-state index in [1.165, 1.54) is 43.3 Å². The number of aromatic nitrogens is 1. The van der Waals surface area contributed by atoms with Gasteiger partial charge in [-0.15, -0.1) is 0 Å². The Hall–Kier alpha value is -4.64. The fourth-order valence-electron chi connectivity index (χ4n) is 6.25. The minimum atomic E-state index is -5.13. The number of likely N-dealkylation sites (N-methyl/N-ethyl adjacent to an activating group) is 1. The molecule has 4 aromatic rings. The van der Waals surface area contributed by atoms with E-state index in [9.17, 15) is 32.7 Å². The van der Waals surface area contributed by atoms with Gasteiger partial charge in [0.25, 0.3) is 5.91 Å². The summed E-state index contributed by atoms with van der Waals surface area (Å²) in [5.74, 6) is -3.33. The summed E-state index contributed by atoms with van der Waals surface area (Å²) in [4.78, 5) is 46.5. The van der Waals surface area contributed by atoms with Gasteiger partial charge in [-0.25, -0.2) is 4.79 Å². The quantitative estimate of drug-likeness (QED) is 0.274. The maximum atomic E-state index is 14.2. The summed E-state index contributed by atoms with van der Waals surface area (Å²) in [5.41, 5.74) is -2.76. The minimum Gasteiger partial charge on any atom is -0.545 e. The molecule has 1 saturated heterocycles. The lowest BCUT2D eigenvalue weighted by atomic mass is 9.95. The average molecular weight is 738 g/mol. The monoisotopic (exact) mass is 737 g/mol. The number of furan rings is 1. The predicted molar refractivity (Wildman–Crippen MR) is 167 cm³/mol. The molecule has 0 unspecified atom stereocenters. The highest BCUT2D eigenvalue weighted by molar-refractivity contribution is 9.09. The number of aromatic carboxylic acids is 1. The van der Waals surface area contributed by atoms with Crippen molar-refractivity contribution in [3.8, 4) is 23.0 Å². The molecule has 6 rings (SSSR count). The summed E-state index contributed by atoms with van der Waals surface area (Å²) in [7, 11) is 6.10. The van der Waals surface area contributed by atoms with E-state index in [0.29, 0.717) is 37.3 Å². The summed E-state index contributed by atoms with van der Waals surface area (Å²) in [5, 5.41) is 12.6. The lowest BCUT2D eigenvalue weighted by Crippen LogP contribution is -2.48. The zero-order valence-electron chi connectivity index (χ0n) is 26.1. The molecule has 4 heterocycles. The Morgan fingerprint density at radius 1 is 1.02 bits per heavy atom. The number of H-pyrrole nitrogens is 1. The highest BCUT2D eigenvalue weighted by Gasteiger charge is 2.43. The molecule has 0 saturated carbocycles. The normalized spacial score (nSPS) is 16.8. The zero-order chi connectivity index (χ0) is 34.7. The first kappa shape index (κ1) is 33.3. The van der Waals surface area contributed by atoms with E-state index in [1.807, 2.05) is 11.9 Å². The number of methoxy groups -OCH3 is 3. The number of carboxylic acids is 1. The molecule has 1 atom stereocenters. The SMILES string of the molecule is COc1cc2cc(C(=O)N3C[C@@H](CBr)c4c3cc(OC(=O)N3CCN(C)CC3)c3[nH]c(C(F)(F)F)c(C(=O)[O-])c43)oc2c(OC)c1OC. The lowest BCUT2D eigenvalue weighted by Gasteiger charge is -2.31. The number of halogens is 4. The molecule has 2 aromatic heterocycles. The van der Waals surface area contributed by atoms with E-state index in [2.05, 4.69) is 20.9 Å². The molecule has 2 amide bonds. The highest BCUT2D eigenvalue weighted by atomic mass is 79.9. The Morgan fingerprint density at radius 2 is 1.71 bits per heavy atom. The van der Waals surface area contributed by atoms with Crippen LogP contribution in [0.25, 0.3) is 21.9 Å². The second kappa shape index (κ2) is 12.4. The van der Waals surface area contributed by atoms with Crippen molar-refractivity contribution in [3.63, 3.8) is 0 Å². The topological polar surface area (TPSA) is 150 Å². The number of nitrogens with zero attached hydrogens (tertiary/aromatic N) is 3. The summed E-state index contributed by atoms with van der Waals surface area (Å²) in [6, 6.07) is 4.29. The van der Waals surface area contributed by atoms with Crippen LogP contribution in [0.5, 0.6) is 23.0 Å². The van der Waals surface area contributed by atoms with Gasteiger partial charge in [0.2, 0.25) is 11.5 Å². The summed E-state index contributed by atoms with van der Waals surface area (Å²) in [6.45, 7) is 1.60. The molecular weight excluding hydrogens is 709 g/mol. The average Bonchev–Trinajstić information content (AvgIpc) is 3.77. The zero-order valence-corrected chi connectivity index (χ0v) is 27.7. The first-order valence-electron chi connectivity index (χ1n) is 14.6. The molecule has 0 spiro atoms. The molecule has 0 radical (unpaired) electrons. The van der Waals surface area contributed by atoms with E-state index >= 15 is 0 Å². The van der Waals surface area contributed by atoms with Crippen molar-refractivity contribution >= 4 is 61.5 Å². The second-order valence-corrected chi connectivity index (χ2v) is 12.0. The van der Waals surface area contributed by atoms with Crippen molar-refractivity contribution in [2.24, 2.45) is 0 Å². The third kappa shape index (κ3) is 5.43. The van der Waals surface area contributed by atoms with Crippen LogP contribution in [-0.4, -0.2) is 99.2 Å². The number of anilines is 1. The van der Waals surface area contributed by atoms with Gasteiger partial charge in [-0.05, 0) is 24.7 Å². The van der Waals surface area contributed by atoms with Crippen LogP contribution in [0.3, 0.4) is 0 Å². The number of benzene rings is 2. The third-order valence-corrected chi connectivity index (χ3v) is 9.34. The van der Waals surface area contributed by atoms with Gasteiger partial charge in [-0.3, -0.25) is 4.79 Å². The van der Waals surface area contributed by atoms with Gasteiger partial charge in [0.1, 0.15) is 5.69 Å². The maximum absolute atomic E-state index is 14.2. The van der Waals surface area contributed by atoms with Crippen LogP contribution in [0.15, 0.2) is 22.6 Å². The Balaban J connectivity index is 1.53. The summed E-state index contributed by atoms with van der Waals surface area (Å²) < 4.78 is 70.6. The molecule has 2 aromatic carbocycles. The fraction of sp³-hybridized carbons (Fsp3) is 0.387. The molecule has 0 aliphatic carbocycles. The molecule has 13 nitrogen and oxygen atoms in total. The van der Waals surface area contributed by atoms with Gasteiger partial charge in [-0.1, -0.05) is 15.9 Å². The number of piperazine rings is 1. The van der Waals surface area contributed by atoms with Crippen LogP contribution < -0.4 is 29.0 Å². The highest BCUT2D eigenvalue weighted by Crippen LogP contribution is 2.50. The number of carbonyl (C=O) groups is 3. The number of carbonyl (C=O) groups excluding carboxylic acids is 3. The van der Waals surface area contributed by atoms with Crippen LogP contribution in [-0.2, 0) is 6.18 Å². The van der Waals surface area contributed by atoms with Gasteiger partial charge in [0.15, 0.2) is 22.8 Å². The molecule has 1 fully saturated rings. The number of hydrogen-bond donors (Lipinski definition) is 1. The number of alkyl halides is 4. The van der Waals surface area contributed by atoms with Crippen molar-refractivity contribution in [1.29, 1.82) is 0 Å². The smallest absolute Gasteiger partial charge is 0.431 e. The van der Waals surface area contributed by atoms with Crippen molar-refractivity contribution in [3.05, 3.63) is 40.8 Å². The van der Waals surface area contributed by atoms with Crippen LogP contribution in [0.1, 0.15) is 38.1 Å². The number of fused-ring (bicyclic) bond motifs is 4. The lowest BCUT2D eigenvalue weighted by molar-refractivity contribution is -0.255. The molecule has 0 bridgehead atoms. The number of nitrogens with one attached hydrogen (secondary N) is 1. The molecule has 17 heteroatoms. The van der Waals surface area contributed by atoms with Gasteiger partial charge in [0.05, 0.1) is 38.5 Å². The summed E-state index contributed by atoms with van der Waals surface area (Å²) >= 11 is 3.37. The molecule has 2 aliphatic heterocycles. The van der Waals surface area contributed by atoms with E-state index in [1.54, 1.807) is 6.07 Å². The van der Waals surface area contributed by atoms with Gasteiger partial charge in [-0.2, -0.15) is 13.2 Å². The number of amides is 2. The van der Waals surface area contributed by atoms with Crippen molar-refractivity contribution in [2.75, 3.05) is 71.3 Å². The van der Waals surface area contributed by atoms with E-state index in [4.69, 9.17) is 23.4 Å². The minimum absolute atomic E-state index is 0.0379. The number of carboxylic acid groups (broad SMARTS) is 1. The molecule has 48 heavy (non-hydrogen) atoms. The molecule has 1 N–H and O–H groups in total. The number of rotatable bonds is 7. The molecule has 256 valence electrons. The van der Waals surface area contributed by atoms with Gasteiger partial charge < -0.3 is 52.9 Å². The van der Waals surface area contributed by atoms with Crippen molar-refractivity contribution in [2.45, 2.75) is 12.1 Å². The Labute approximate surface area is 279 Å². The van der Waals surface area contributed by atoms with Crippen LogP contribution in [0.2, 0.25) is 0 Å². The number of ether oxygens (including phenoxy) is 4. The number of hydrogen-bond acceptors (Lipinski definition) is 10. The Bertz CT molecular complexity index is 1950. The standard InChI is InChI=1S/C31H30BrF3N4O9/c1-37-5-7-38(8-6-37)30(43)48-17-11-16-20(21-22(29(41)42)27(31(33,34)35)36-23(17)21)15(12-32)13-39(16)28(40)19-10-14-9-18(44-2)25(45-3)26(46-4)24(14)47-19/h9-11,15,36H,5-8,12-13H2,1-4H3,(H,41,42)/p-1/t15-/m1/s1. The van der Waals surface area contributed by atoms with Crippen LogP contribution >= 0.6 is 15.9 Å². The largest absolute Gasteiger partial charge is 0.545 e. The van der Waals surface area contributed by atoms with Gasteiger partial charge in [0, 0.05) is 66.4 Å². The fourth-order valence-corrected chi connectivity index (χ4v) is 6.77. The number of aromatic amines is 1. The molecule has 2 aliphatic rings. The van der Waals surface area contributed by atoms with Gasteiger partial charge >= 0.3 is 12.3 Å². The van der Waals surface area contributed by atoms with E-state index < -0.39 is 41.3 Å². The molecular formula is C31H29BrF3N4O9-. The Morgan fingerprint density at radius 3 is 2.29 bits per heavy atom. The van der Waals surface area contributed by atoms with Crippen molar-refractivity contribution in [1.82, 2.24) is 14.8 Å². The van der Waals surface area contributed by atoms with Crippen LogP contribution in [0, 0.1) is 0 Å². The summed E-state index contributed by atoms with van der Waals surface area (Å²) in [6.07, 6.45) is -5.98. The first-order chi connectivity index (χ1) is 22.8. The van der Waals surface area contributed by atoms with E-state index in [-0.39, 0.29) is 62.6 Å². The second-order valence-electron chi connectivity index (χ2n) is 11.3.